The molecule has 1 aliphatic heterocycles. The quantitative estimate of drug-likeness (QED) is 0.665. The first-order valence-corrected chi connectivity index (χ1v) is 5.93. The van der Waals surface area contributed by atoms with Crippen LogP contribution in [0.2, 0.25) is 0 Å². The predicted molar refractivity (Wildman–Crippen MR) is 61.7 cm³/mol. The van der Waals surface area contributed by atoms with Crippen LogP contribution in [0.1, 0.15) is 32.6 Å². The lowest BCUT2D eigenvalue weighted by Crippen LogP contribution is -2.32. The van der Waals surface area contributed by atoms with Gasteiger partial charge >= 0.3 is 0 Å². The molecule has 0 N–H and O–H groups in total. The van der Waals surface area contributed by atoms with Crippen molar-refractivity contribution in [3.05, 3.63) is 24.3 Å². The summed E-state index contributed by atoms with van der Waals surface area (Å²) < 4.78 is 26.7. The number of hydrogen-bond acceptors (Lipinski definition) is 1. The number of allylic oxidation sites excluding steroid dienone is 2. The zero-order valence-electron chi connectivity index (χ0n) is 9.76. The van der Waals surface area contributed by atoms with Gasteiger partial charge in [-0.1, -0.05) is 24.3 Å². The van der Waals surface area contributed by atoms with Crippen LogP contribution in [0.4, 0.5) is 8.78 Å². The van der Waals surface area contributed by atoms with Crippen LogP contribution in [-0.2, 0) is 0 Å². The fourth-order valence-corrected chi connectivity index (χ4v) is 2.40. The zero-order chi connectivity index (χ0) is 11.8. The van der Waals surface area contributed by atoms with Gasteiger partial charge < -0.3 is 0 Å². The summed E-state index contributed by atoms with van der Waals surface area (Å²) in [6.45, 7) is 5.64. The summed E-state index contributed by atoms with van der Waals surface area (Å²) in [7, 11) is 0. The van der Waals surface area contributed by atoms with Crippen molar-refractivity contribution < 1.29 is 8.78 Å². The monoisotopic (exact) mass is 227 g/mol. The van der Waals surface area contributed by atoms with Gasteiger partial charge in [-0.05, 0) is 26.2 Å². The maximum atomic E-state index is 13.3. The van der Waals surface area contributed by atoms with E-state index in [1.807, 2.05) is 24.0 Å². The van der Waals surface area contributed by atoms with Gasteiger partial charge in [0.2, 0.25) is 0 Å². The van der Waals surface area contributed by atoms with Crippen LogP contribution < -0.4 is 0 Å². The topological polar surface area (TPSA) is 3.24 Å². The largest absolute Gasteiger partial charge is 0.291 e. The Morgan fingerprint density at radius 1 is 1.50 bits per heavy atom. The molecule has 1 saturated heterocycles. The van der Waals surface area contributed by atoms with Crippen LogP contribution in [0.25, 0.3) is 0 Å². The molecule has 0 radical (unpaired) electrons. The highest BCUT2D eigenvalue weighted by atomic mass is 19.3. The second-order valence-electron chi connectivity index (χ2n) is 5.10. The van der Waals surface area contributed by atoms with Crippen LogP contribution in [0.15, 0.2) is 24.3 Å². The molecule has 0 amide bonds. The van der Waals surface area contributed by atoms with Crippen molar-refractivity contribution in [1.82, 2.24) is 4.90 Å². The molecule has 0 aromatic carbocycles. The maximum Gasteiger partial charge on any atom is 0.262 e. The Bertz CT molecular complexity index is 305. The van der Waals surface area contributed by atoms with Crippen molar-refractivity contribution in [3.63, 3.8) is 0 Å². The lowest BCUT2D eigenvalue weighted by atomic mass is 10.1. The average Bonchev–Trinajstić information content (AvgIpc) is 2.91. The first kappa shape index (κ1) is 11.8. The summed E-state index contributed by atoms with van der Waals surface area (Å²) in [5, 5.41) is 0. The van der Waals surface area contributed by atoms with E-state index in [9.17, 15) is 8.78 Å². The van der Waals surface area contributed by atoms with Crippen LogP contribution in [0.3, 0.4) is 0 Å². The minimum absolute atomic E-state index is 0.0179. The number of halogens is 2. The van der Waals surface area contributed by atoms with Crippen molar-refractivity contribution in [3.8, 4) is 0 Å². The molecule has 1 unspecified atom stereocenters. The van der Waals surface area contributed by atoms with E-state index >= 15 is 0 Å². The highest BCUT2D eigenvalue weighted by molar-refractivity contribution is 5.12. The summed E-state index contributed by atoms with van der Waals surface area (Å²) in [5.74, 6) is -2.48. The molecule has 1 heterocycles. The Balaban J connectivity index is 1.93. The van der Waals surface area contributed by atoms with Crippen LogP contribution in [0.5, 0.6) is 0 Å². The minimum atomic E-state index is -2.48. The molecule has 2 fully saturated rings. The van der Waals surface area contributed by atoms with E-state index in [1.54, 1.807) is 0 Å². The second kappa shape index (κ2) is 4.28. The molecule has 3 heteroatoms. The lowest BCUT2D eigenvalue weighted by molar-refractivity contribution is 0.0112. The van der Waals surface area contributed by atoms with E-state index in [-0.39, 0.29) is 19.0 Å². The lowest BCUT2D eigenvalue weighted by Gasteiger charge is -2.21. The Kier molecular flexibility index (Phi) is 3.15. The molecule has 16 heavy (non-hydrogen) atoms. The predicted octanol–water partition coefficient (Wildman–Crippen LogP) is 3.38. The van der Waals surface area contributed by atoms with Gasteiger partial charge in [0.1, 0.15) is 0 Å². The first-order chi connectivity index (χ1) is 7.48. The third-order valence-corrected chi connectivity index (χ3v) is 3.24. The molecule has 0 spiro atoms. The van der Waals surface area contributed by atoms with Gasteiger partial charge in [-0.2, -0.15) is 0 Å². The van der Waals surface area contributed by atoms with Gasteiger partial charge in [0.15, 0.2) is 0 Å². The van der Waals surface area contributed by atoms with Crippen LogP contribution in [-0.4, -0.2) is 29.5 Å². The van der Waals surface area contributed by atoms with Crippen molar-refractivity contribution in [2.24, 2.45) is 0 Å². The molecule has 2 aliphatic rings. The smallest absolute Gasteiger partial charge is 0.262 e. The molecule has 90 valence electrons. The van der Waals surface area contributed by atoms with Crippen molar-refractivity contribution in [2.75, 3.05) is 6.54 Å². The molecule has 2 rings (SSSR count). The van der Waals surface area contributed by atoms with Crippen molar-refractivity contribution in [2.45, 2.75) is 50.6 Å². The van der Waals surface area contributed by atoms with Gasteiger partial charge in [-0.25, -0.2) is 8.78 Å². The standard InChI is InChI=1S/C13H19F2N/c1-10(2)4-3-5-12-8-13(14,15)9-16(12)11-6-7-11/h3-4,11-12H,1,5-9H2,2H3/b4-3+. The molecule has 1 nitrogen and oxygen atoms in total. The molecule has 1 aliphatic carbocycles. The van der Waals surface area contributed by atoms with Crippen LogP contribution >= 0.6 is 0 Å². The first-order valence-electron chi connectivity index (χ1n) is 5.93. The molecule has 0 aromatic heterocycles. The molecule has 1 atom stereocenters. The average molecular weight is 227 g/mol. The number of rotatable bonds is 4. The summed E-state index contributed by atoms with van der Waals surface area (Å²) in [4.78, 5) is 2.00. The van der Waals surface area contributed by atoms with E-state index in [4.69, 9.17) is 0 Å². The molecule has 0 aromatic rings. The SMILES string of the molecule is C=C(C)/C=C/CC1CC(F)(F)CN1C1CC1. The van der Waals surface area contributed by atoms with E-state index in [0.717, 1.165) is 24.8 Å². The van der Waals surface area contributed by atoms with E-state index in [0.29, 0.717) is 6.04 Å². The van der Waals surface area contributed by atoms with Crippen molar-refractivity contribution in [1.29, 1.82) is 0 Å². The van der Waals surface area contributed by atoms with E-state index in [1.165, 1.54) is 0 Å². The summed E-state index contributed by atoms with van der Waals surface area (Å²) in [5.41, 5.74) is 0.975. The third kappa shape index (κ3) is 2.91. The van der Waals surface area contributed by atoms with Crippen LogP contribution in [0, 0.1) is 0 Å². The van der Waals surface area contributed by atoms with Gasteiger partial charge in [0, 0.05) is 18.5 Å². The molecular formula is C13H19F2N. The highest BCUT2D eigenvalue weighted by Gasteiger charge is 2.48. The van der Waals surface area contributed by atoms with Gasteiger partial charge in [-0.3, -0.25) is 4.90 Å². The van der Waals surface area contributed by atoms with Gasteiger partial charge in [0.25, 0.3) is 5.92 Å². The third-order valence-electron chi connectivity index (χ3n) is 3.24. The number of alkyl halides is 2. The molecule has 1 saturated carbocycles. The summed E-state index contributed by atoms with van der Waals surface area (Å²) >= 11 is 0. The summed E-state index contributed by atoms with van der Waals surface area (Å²) in [6.07, 6.45) is 6.82. The number of likely N-dealkylation sites (tertiary alicyclic amines) is 1. The van der Waals surface area contributed by atoms with Gasteiger partial charge in [-0.15, -0.1) is 0 Å². The number of hydrogen-bond donors (Lipinski definition) is 0. The van der Waals surface area contributed by atoms with E-state index in [2.05, 4.69) is 6.58 Å². The Morgan fingerprint density at radius 2 is 2.19 bits per heavy atom. The fourth-order valence-electron chi connectivity index (χ4n) is 2.40. The van der Waals surface area contributed by atoms with Gasteiger partial charge in [0.05, 0.1) is 6.54 Å². The van der Waals surface area contributed by atoms with Crippen molar-refractivity contribution >= 4 is 0 Å². The van der Waals surface area contributed by atoms with E-state index < -0.39 is 5.92 Å². The molecular weight excluding hydrogens is 208 g/mol. The Labute approximate surface area is 95.8 Å². The molecule has 0 bridgehead atoms. The maximum absolute atomic E-state index is 13.3. The minimum Gasteiger partial charge on any atom is -0.291 e. The Morgan fingerprint density at radius 3 is 2.75 bits per heavy atom. The normalized spacial score (nSPS) is 30.1. The number of nitrogens with zero attached hydrogens (tertiary/aromatic N) is 1. The second-order valence-corrected chi connectivity index (χ2v) is 5.10. The zero-order valence-corrected chi connectivity index (χ0v) is 9.76. The fraction of sp³-hybridized carbons (Fsp3) is 0.692. The Hall–Kier alpha value is -0.700. The highest BCUT2D eigenvalue weighted by Crippen LogP contribution is 2.40. The summed E-state index contributed by atoms with van der Waals surface area (Å²) in [6, 6.07) is 0.453.